The minimum absolute atomic E-state index is 0.0402. The van der Waals surface area contributed by atoms with E-state index >= 15 is 0 Å². The molecule has 98 heavy (non-hydrogen) atoms. The molecule has 4 fully saturated rings. The number of ether oxygens (including phenoxy) is 2. The summed E-state index contributed by atoms with van der Waals surface area (Å²) >= 11 is 7.43. The fourth-order valence-electron chi connectivity index (χ4n) is 15.5. The zero-order chi connectivity index (χ0) is 70.1. The number of H-pyrrole nitrogens is 2. The van der Waals surface area contributed by atoms with Crippen LogP contribution in [0.15, 0.2) is 108 Å². The number of hydrogen-bond donors (Lipinski definition) is 4. The normalized spacial score (nSPS) is 17.6. The number of nitrogens with one attached hydrogen (secondary N) is 4. The molecule has 0 radical (unpaired) electrons. The first kappa shape index (κ1) is 72.6. The van der Waals surface area contributed by atoms with Crippen molar-refractivity contribution >= 4 is 46.6 Å². The summed E-state index contributed by atoms with van der Waals surface area (Å²) in [7, 11) is 3.58. The number of hydrogen-bond acceptors (Lipinski definition) is 12. The number of anilines is 2. The van der Waals surface area contributed by atoms with Gasteiger partial charge in [0.1, 0.15) is 0 Å². The molecular formula is C79H101ClN10O8. The number of halogens is 1. The van der Waals surface area contributed by atoms with E-state index in [-0.39, 0.29) is 71.9 Å². The number of amides is 4. The van der Waals surface area contributed by atoms with E-state index in [1.54, 1.807) is 14.2 Å². The summed E-state index contributed by atoms with van der Waals surface area (Å²) in [5.74, 6) is -0.495. The van der Waals surface area contributed by atoms with Gasteiger partial charge in [-0.15, -0.1) is 0 Å². The zero-order valence-corrected chi connectivity index (χ0v) is 60.0. The SMILES string of the molecule is C=CC(=O)N1CCC(N(CC)c2cc(-c3ccc(CN4CC(CCN(c5cc(-c6ccc(CN7CCC(OC)CC7)c(C)c6)cc(C(=O)NCc6c(C)cc(C)[nH]c6=O)c5C)C5CCN(C(=O)C=C)CC5)CC(OC)C4)c(Cl)c3)cc(C(=O)NCc3c(C)cc(C)[nH]c3=O)c2C)CC1. The van der Waals surface area contributed by atoms with Crippen LogP contribution in [0.4, 0.5) is 11.4 Å². The lowest BCUT2D eigenvalue weighted by molar-refractivity contribution is -0.127. The van der Waals surface area contributed by atoms with Crippen molar-refractivity contribution in [2.45, 2.75) is 157 Å². The Balaban J connectivity index is 0.933. The first-order chi connectivity index (χ1) is 47.1. The topological polar surface area (TPSA) is 196 Å². The Labute approximate surface area is 583 Å². The predicted octanol–water partition coefficient (Wildman–Crippen LogP) is 11.6. The molecule has 0 spiro atoms. The highest BCUT2D eigenvalue weighted by Gasteiger charge is 2.34. The van der Waals surface area contributed by atoms with Crippen LogP contribution in [-0.4, -0.2) is 157 Å². The van der Waals surface area contributed by atoms with Crippen LogP contribution >= 0.6 is 11.6 Å². The molecule has 18 nitrogen and oxygen atoms in total. The maximum atomic E-state index is 14.9. The van der Waals surface area contributed by atoms with E-state index in [0.29, 0.717) is 85.7 Å². The molecule has 0 aliphatic carbocycles. The standard InChI is InChI=1S/C79H101ClN10O8/c1-13-74(91)87-29-21-63(22-30-87)89(15-3)72-41-62(39-67(54(72)9)76(93)81-43-69-50(5)34-52(7)83-78(69)95)58-17-19-60(71(80)40-58)47-86-45-56(37-66(48-86)98-12)20-33-90(64-23-31-88(32-24-64)75(92)14-2)73-42-61(57-16-18-59(49(4)36-57)46-85-27-25-65(97-11)26-28-85)38-68(55(73)10)77(94)82-44-70-51(6)35-53(8)84-79(70)96/h13-14,16-19,34-36,38-42,56,63-66H,1-2,15,20-33,37,43-48H2,3-12H3,(H,81,93)(H,82,94)(H,83,95)(H,84,96). The second-order valence-electron chi connectivity index (χ2n) is 27.7. The fraction of sp³-hybridized carbons (Fsp3) is 0.468. The number of benzene rings is 4. The minimum Gasteiger partial charge on any atom is -0.381 e. The highest BCUT2D eigenvalue weighted by Crippen LogP contribution is 2.39. The van der Waals surface area contributed by atoms with Crippen LogP contribution in [0, 0.1) is 54.4 Å². The van der Waals surface area contributed by atoms with Crippen molar-refractivity contribution in [3.63, 3.8) is 0 Å². The van der Waals surface area contributed by atoms with Gasteiger partial charge in [-0.3, -0.25) is 38.6 Å². The van der Waals surface area contributed by atoms with Gasteiger partial charge in [0.05, 0.1) is 12.2 Å². The van der Waals surface area contributed by atoms with Gasteiger partial charge in [-0.25, -0.2) is 0 Å². The van der Waals surface area contributed by atoms with Crippen molar-refractivity contribution in [2.75, 3.05) is 89.5 Å². The Hall–Kier alpha value is -8.13. The number of likely N-dealkylation sites (tertiary alicyclic amines) is 4. The fourth-order valence-corrected chi connectivity index (χ4v) is 15.7. The van der Waals surface area contributed by atoms with Gasteiger partial charge in [0.25, 0.3) is 22.9 Å². The summed E-state index contributed by atoms with van der Waals surface area (Å²) in [6.07, 6.45) is 9.69. The Morgan fingerprint density at radius 3 is 1.52 bits per heavy atom. The molecule has 2 unspecified atom stereocenters. The van der Waals surface area contributed by atoms with Crippen LogP contribution in [0.1, 0.15) is 140 Å². The third kappa shape index (κ3) is 17.1. The van der Waals surface area contributed by atoms with Gasteiger partial charge in [0, 0.05) is 168 Å². The first-order valence-corrected chi connectivity index (χ1v) is 35.4. The number of aryl methyl sites for hydroxylation is 5. The van der Waals surface area contributed by atoms with E-state index in [9.17, 15) is 28.8 Å². The molecule has 6 aromatic rings. The molecule has 19 heteroatoms. The second-order valence-corrected chi connectivity index (χ2v) is 28.1. The summed E-state index contributed by atoms with van der Waals surface area (Å²) in [5.41, 5.74) is 15.3. The van der Waals surface area contributed by atoms with E-state index in [2.05, 4.69) is 110 Å². The summed E-state index contributed by atoms with van der Waals surface area (Å²) < 4.78 is 11.9. The average molecular weight is 1350 g/mol. The maximum absolute atomic E-state index is 14.9. The summed E-state index contributed by atoms with van der Waals surface area (Å²) in [4.78, 5) is 101. The highest BCUT2D eigenvalue weighted by atomic mass is 35.5. The molecule has 10 rings (SSSR count). The molecule has 0 saturated carbocycles. The molecule has 4 aliphatic rings. The van der Waals surface area contributed by atoms with Gasteiger partial charge in [0.15, 0.2) is 0 Å². The van der Waals surface area contributed by atoms with Crippen LogP contribution < -0.4 is 31.6 Å². The van der Waals surface area contributed by atoms with Crippen molar-refractivity contribution in [1.82, 2.24) is 40.2 Å². The van der Waals surface area contributed by atoms with Gasteiger partial charge < -0.3 is 49.7 Å². The number of pyridine rings is 2. The molecule has 4 aromatic carbocycles. The van der Waals surface area contributed by atoms with E-state index in [1.807, 2.05) is 81.7 Å². The largest absolute Gasteiger partial charge is 0.381 e. The lowest BCUT2D eigenvalue weighted by Gasteiger charge is -2.42. The van der Waals surface area contributed by atoms with Crippen molar-refractivity contribution in [3.05, 3.63) is 196 Å². The number of carbonyl (C=O) groups excluding carboxylic acids is 4. The summed E-state index contributed by atoms with van der Waals surface area (Å²) in [5, 5.41) is 6.83. The maximum Gasteiger partial charge on any atom is 0.253 e. The molecular weight excluding hydrogens is 1250 g/mol. The molecule has 4 amide bonds. The molecule has 4 aliphatic heterocycles. The van der Waals surface area contributed by atoms with Crippen molar-refractivity contribution in [3.8, 4) is 22.3 Å². The molecule has 522 valence electrons. The number of piperidine rings is 4. The van der Waals surface area contributed by atoms with Crippen molar-refractivity contribution in [1.29, 1.82) is 0 Å². The molecule has 6 heterocycles. The molecule has 4 N–H and O–H groups in total. The monoisotopic (exact) mass is 1350 g/mol. The van der Waals surface area contributed by atoms with Crippen LogP contribution in [0.2, 0.25) is 5.02 Å². The van der Waals surface area contributed by atoms with Gasteiger partial charge in [-0.05, 0) is 228 Å². The predicted molar refractivity (Wildman–Crippen MR) is 392 cm³/mol. The highest BCUT2D eigenvalue weighted by molar-refractivity contribution is 6.31. The van der Waals surface area contributed by atoms with Crippen LogP contribution in [-0.2, 0) is 45.2 Å². The average Bonchev–Trinajstić information content (AvgIpc) is 0.784. The quantitative estimate of drug-likeness (QED) is 0.0419. The Kier molecular flexibility index (Phi) is 24.2. The summed E-state index contributed by atoms with van der Waals surface area (Å²) in [6, 6.07) is 25.2. The van der Waals surface area contributed by atoms with Gasteiger partial charge >= 0.3 is 0 Å². The number of carbonyl (C=O) groups is 4. The van der Waals surface area contributed by atoms with Crippen LogP contribution in [0.5, 0.6) is 0 Å². The Morgan fingerprint density at radius 2 is 1.05 bits per heavy atom. The van der Waals surface area contributed by atoms with Gasteiger partial charge in [0.2, 0.25) is 11.8 Å². The number of nitrogens with zero attached hydrogens (tertiary/aromatic N) is 6. The van der Waals surface area contributed by atoms with Crippen LogP contribution in [0.25, 0.3) is 22.3 Å². The molecule has 4 saturated heterocycles. The molecule has 0 bridgehead atoms. The van der Waals surface area contributed by atoms with Crippen molar-refractivity contribution in [2.24, 2.45) is 5.92 Å². The van der Waals surface area contributed by atoms with E-state index in [4.69, 9.17) is 21.1 Å². The number of aromatic amines is 2. The van der Waals surface area contributed by atoms with E-state index < -0.39 is 0 Å². The van der Waals surface area contributed by atoms with E-state index in [1.165, 1.54) is 23.3 Å². The zero-order valence-electron chi connectivity index (χ0n) is 59.3. The smallest absolute Gasteiger partial charge is 0.253 e. The third-order valence-electron chi connectivity index (χ3n) is 21.2. The van der Waals surface area contributed by atoms with Gasteiger partial charge in [-0.2, -0.15) is 0 Å². The molecule has 2 atom stereocenters. The lowest BCUT2D eigenvalue weighted by Crippen LogP contribution is -2.48. The third-order valence-corrected chi connectivity index (χ3v) is 21.6. The second kappa shape index (κ2) is 32.7. The van der Waals surface area contributed by atoms with Gasteiger partial charge in [-0.1, -0.05) is 55.1 Å². The molecule has 2 aromatic heterocycles. The minimum atomic E-state index is -0.294. The van der Waals surface area contributed by atoms with Crippen LogP contribution in [0.3, 0.4) is 0 Å². The number of methoxy groups -OCH3 is 2. The summed E-state index contributed by atoms with van der Waals surface area (Å²) in [6.45, 7) is 32.0. The van der Waals surface area contributed by atoms with Crippen molar-refractivity contribution < 1.29 is 28.7 Å². The Bertz CT molecular complexity index is 4040. The Morgan fingerprint density at radius 1 is 0.571 bits per heavy atom. The van der Waals surface area contributed by atoms with E-state index in [0.717, 1.165) is 150 Å². The first-order valence-electron chi connectivity index (χ1n) is 35.1. The number of aromatic nitrogens is 2. The number of rotatable bonds is 24. The lowest BCUT2D eigenvalue weighted by atomic mass is 9.90.